The molecule has 1 aromatic rings. The number of likely N-dealkylation sites (tertiary alicyclic amines) is 2. The van der Waals surface area contributed by atoms with Gasteiger partial charge in [-0.2, -0.15) is 0 Å². The average Bonchev–Trinajstić information content (AvgIpc) is 3.59. The van der Waals surface area contributed by atoms with Crippen LogP contribution in [0.2, 0.25) is 0 Å². The molecule has 5 fully saturated rings. The quantitative estimate of drug-likeness (QED) is 0.611. The Morgan fingerprint density at radius 2 is 1.86 bits per heavy atom. The third-order valence-electron chi connectivity index (χ3n) is 10.1. The van der Waals surface area contributed by atoms with Crippen molar-refractivity contribution < 1.29 is 9.32 Å². The fraction of sp³-hybridized carbons (Fsp3) is 0.857. The van der Waals surface area contributed by atoms with Gasteiger partial charge in [0.25, 0.3) is 0 Å². The first-order valence-corrected chi connectivity index (χ1v) is 14.4. The second kappa shape index (κ2) is 9.37. The first kappa shape index (κ1) is 23.8. The summed E-state index contributed by atoms with van der Waals surface area (Å²) in [6.45, 7) is 14.5. The van der Waals surface area contributed by atoms with Crippen molar-refractivity contribution in [3.05, 3.63) is 11.8 Å². The minimum absolute atomic E-state index is 0.193. The summed E-state index contributed by atoms with van der Waals surface area (Å²) >= 11 is 0. The summed E-state index contributed by atoms with van der Waals surface area (Å²) in [5, 5.41) is 4.43. The molecule has 7 heteroatoms. The minimum atomic E-state index is -0.235. The van der Waals surface area contributed by atoms with Crippen molar-refractivity contribution in [3.8, 4) is 0 Å². The highest BCUT2D eigenvalue weighted by molar-refractivity contribution is 5.84. The summed E-state index contributed by atoms with van der Waals surface area (Å²) in [7, 11) is 0. The third-order valence-corrected chi connectivity index (χ3v) is 10.1. The fourth-order valence-corrected chi connectivity index (χ4v) is 7.89. The Morgan fingerprint density at radius 3 is 2.57 bits per heavy atom. The normalized spacial score (nSPS) is 31.9. The first-order valence-electron chi connectivity index (χ1n) is 14.4. The number of hydrogen-bond acceptors (Lipinski definition) is 6. The van der Waals surface area contributed by atoms with Gasteiger partial charge in [-0.1, -0.05) is 19.0 Å². The van der Waals surface area contributed by atoms with Gasteiger partial charge < -0.3 is 19.2 Å². The second-order valence-corrected chi connectivity index (χ2v) is 12.8. The van der Waals surface area contributed by atoms with E-state index in [1.807, 2.05) is 0 Å². The van der Waals surface area contributed by atoms with Crippen molar-refractivity contribution in [1.82, 2.24) is 19.9 Å². The van der Waals surface area contributed by atoms with Crippen LogP contribution in [0.4, 0.5) is 5.82 Å². The van der Waals surface area contributed by atoms with Crippen LogP contribution in [-0.2, 0) is 4.79 Å². The molecule has 35 heavy (non-hydrogen) atoms. The van der Waals surface area contributed by atoms with Crippen LogP contribution in [0.3, 0.4) is 0 Å². The first-order chi connectivity index (χ1) is 16.9. The number of nitrogens with zero attached hydrogens (tertiary/aromatic N) is 5. The number of piperidine rings is 1. The molecule has 194 valence electrons. The smallest absolute Gasteiger partial charge is 0.233 e. The van der Waals surface area contributed by atoms with Gasteiger partial charge in [0, 0.05) is 55.8 Å². The molecule has 5 aliphatic rings. The number of aromatic nitrogens is 1. The Bertz CT molecular complexity index is 899. The lowest BCUT2D eigenvalue weighted by molar-refractivity contribution is -0.134. The molecular weight excluding hydrogens is 438 g/mol. The molecule has 0 N–H and O–H groups in total. The maximum Gasteiger partial charge on any atom is 0.233 e. The lowest BCUT2D eigenvalue weighted by atomic mass is 9.72. The summed E-state index contributed by atoms with van der Waals surface area (Å²) in [6.07, 6.45) is 10.5. The van der Waals surface area contributed by atoms with Crippen molar-refractivity contribution in [3.63, 3.8) is 0 Å². The molecule has 0 bridgehead atoms. The van der Waals surface area contributed by atoms with E-state index in [1.54, 1.807) is 0 Å². The standard InChI is InChI=1S/C28H45N5O2/c1-20(2)26(27(34)32-12-4-6-21(32)3)24-16-25(29-35-24)31-18-28(19-31)10-14-30(15-11-28)17-23-9-8-22-7-5-13-33(22)23/h16,20-23,26H,4-15,17-19H2,1-3H3. The van der Waals surface area contributed by atoms with Crippen LogP contribution >= 0.6 is 0 Å². The molecule has 5 aliphatic heterocycles. The molecule has 7 nitrogen and oxygen atoms in total. The van der Waals surface area contributed by atoms with Gasteiger partial charge in [-0.05, 0) is 83.8 Å². The molecule has 0 aliphatic carbocycles. The van der Waals surface area contributed by atoms with Gasteiger partial charge in [-0.3, -0.25) is 9.69 Å². The van der Waals surface area contributed by atoms with E-state index in [4.69, 9.17) is 4.52 Å². The molecule has 6 rings (SSSR count). The SMILES string of the molecule is CC(C)C(C(=O)N1CCCC1C)c1cc(N2CC3(CCN(CC4CCC5CCCN54)CC3)C2)no1. The van der Waals surface area contributed by atoms with Crippen molar-refractivity contribution in [2.24, 2.45) is 11.3 Å². The van der Waals surface area contributed by atoms with Crippen molar-refractivity contribution in [2.45, 2.75) is 96.2 Å². The van der Waals surface area contributed by atoms with Crippen LogP contribution in [0.5, 0.6) is 0 Å². The Kier molecular flexibility index (Phi) is 6.36. The fourth-order valence-electron chi connectivity index (χ4n) is 7.89. The molecule has 0 radical (unpaired) electrons. The second-order valence-electron chi connectivity index (χ2n) is 12.8. The summed E-state index contributed by atoms with van der Waals surface area (Å²) in [5.74, 6) is 1.83. The van der Waals surface area contributed by atoms with E-state index in [0.29, 0.717) is 11.5 Å². The van der Waals surface area contributed by atoms with E-state index in [1.165, 1.54) is 64.7 Å². The van der Waals surface area contributed by atoms with Crippen LogP contribution < -0.4 is 4.90 Å². The molecular formula is C28H45N5O2. The van der Waals surface area contributed by atoms with Crippen LogP contribution in [0.25, 0.3) is 0 Å². The van der Waals surface area contributed by atoms with Crippen LogP contribution in [0.1, 0.15) is 83.8 Å². The zero-order chi connectivity index (χ0) is 24.2. The Morgan fingerprint density at radius 1 is 1.09 bits per heavy atom. The zero-order valence-corrected chi connectivity index (χ0v) is 22.1. The number of amides is 1. The summed E-state index contributed by atoms with van der Waals surface area (Å²) in [5.41, 5.74) is 0.444. The predicted molar refractivity (Wildman–Crippen MR) is 138 cm³/mol. The monoisotopic (exact) mass is 483 g/mol. The van der Waals surface area contributed by atoms with E-state index < -0.39 is 0 Å². The summed E-state index contributed by atoms with van der Waals surface area (Å²) < 4.78 is 5.81. The highest BCUT2D eigenvalue weighted by atomic mass is 16.5. The van der Waals surface area contributed by atoms with Crippen LogP contribution in [0.15, 0.2) is 10.6 Å². The van der Waals surface area contributed by atoms with E-state index in [2.05, 4.69) is 51.6 Å². The van der Waals surface area contributed by atoms with Gasteiger partial charge >= 0.3 is 0 Å². The lowest BCUT2D eigenvalue weighted by Crippen LogP contribution is -2.61. The zero-order valence-electron chi connectivity index (χ0n) is 22.1. The van der Waals surface area contributed by atoms with E-state index in [9.17, 15) is 4.79 Å². The maximum atomic E-state index is 13.3. The van der Waals surface area contributed by atoms with Crippen molar-refractivity contribution in [1.29, 1.82) is 0 Å². The predicted octanol–water partition coefficient (Wildman–Crippen LogP) is 3.95. The molecule has 1 aromatic heterocycles. The molecule has 4 atom stereocenters. The molecule has 0 saturated carbocycles. The van der Waals surface area contributed by atoms with Gasteiger partial charge in [0.05, 0.1) is 0 Å². The number of hydrogen-bond donors (Lipinski definition) is 0. The molecule has 0 aromatic carbocycles. The average molecular weight is 484 g/mol. The topological polar surface area (TPSA) is 56.1 Å². The van der Waals surface area contributed by atoms with Gasteiger partial charge in [0.15, 0.2) is 11.6 Å². The third kappa shape index (κ3) is 4.41. The number of carbonyl (C=O) groups is 1. The number of fused-ring (bicyclic) bond motifs is 1. The van der Waals surface area contributed by atoms with Crippen molar-refractivity contribution in [2.75, 3.05) is 50.7 Å². The van der Waals surface area contributed by atoms with Gasteiger partial charge in [0.1, 0.15) is 5.92 Å². The molecule has 1 amide bonds. The Labute approximate surface area is 211 Å². The number of rotatable bonds is 6. The van der Waals surface area contributed by atoms with Crippen molar-refractivity contribution >= 4 is 11.7 Å². The molecule has 6 heterocycles. The van der Waals surface area contributed by atoms with Crippen LogP contribution in [-0.4, -0.2) is 89.7 Å². The highest BCUT2D eigenvalue weighted by Crippen LogP contribution is 2.43. The van der Waals surface area contributed by atoms with Gasteiger partial charge in [-0.15, -0.1) is 0 Å². The summed E-state index contributed by atoms with van der Waals surface area (Å²) in [6, 6.07) is 4.09. The molecule has 4 unspecified atom stereocenters. The number of carbonyl (C=O) groups excluding carboxylic acids is 1. The Balaban J connectivity index is 1.02. The van der Waals surface area contributed by atoms with E-state index in [-0.39, 0.29) is 17.7 Å². The highest BCUT2D eigenvalue weighted by Gasteiger charge is 2.47. The Hall–Kier alpha value is -1.60. The minimum Gasteiger partial charge on any atom is -0.358 e. The summed E-state index contributed by atoms with van der Waals surface area (Å²) in [4.78, 5) is 23.3. The van der Waals surface area contributed by atoms with Gasteiger partial charge in [0.2, 0.25) is 5.91 Å². The molecule has 1 spiro atoms. The maximum absolute atomic E-state index is 13.3. The van der Waals surface area contributed by atoms with E-state index >= 15 is 0 Å². The molecule has 5 saturated heterocycles. The van der Waals surface area contributed by atoms with Gasteiger partial charge in [-0.25, -0.2) is 0 Å². The lowest BCUT2D eigenvalue weighted by Gasteiger charge is -2.54. The van der Waals surface area contributed by atoms with Crippen LogP contribution in [0, 0.1) is 11.3 Å². The number of anilines is 1. The van der Waals surface area contributed by atoms with E-state index in [0.717, 1.165) is 56.1 Å². The largest absolute Gasteiger partial charge is 0.358 e.